The Morgan fingerprint density at radius 1 is 1.71 bits per heavy atom. The van der Waals surface area contributed by atoms with E-state index in [1.807, 2.05) is 0 Å². The quantitative estimate of drug-likeness (QED) is 0.432. The van der Waals surface area contributed by atoms with Gasteiger partial charge in [0.15, 0.2) is 0 Å². The molecular formula is C3H6NaO3. The van der Waals surface area contributed by atoms with E-state index in [4.69, 9.17) is 10.2 Å². The minimum absolute atomic E-state index is 0. The average Bonchev–Trinajstić information content (AvgIpc) is 1.36. The number of carbonyl (C=O) groups is 1. The predicted octanol–water partition coefficient (Wildman–Crippen LogP) is -0.929. The second kappa shape index (κ2) is 4.59. The van der Waals surface area contributed by atoms with E-state index in [0.717, 1.165) is 0 Å². The molecular weight excluding hydrogens is 107 g/mol. The molecule has 0 heterocycles. The maximum atomic E-state index is 9.45. The Bertz CT molecular complexity index is 61.2. The van der Waals surface area contributed by atoms with E-state index in [0.29, 0.717) is 0 Å². The summed E-state index contributed by atoms with van der Waals surface area (Å²) in [4.78, 5) is 9.45. The van der Waals surface area contributed by atoms with Crippen LogP contribution in [-0.2, 0) is 4.79 Å². The van der Waals surface area contributed by atoms with Crippen molar-refractivity contribution >= 4 is 35.5 Å². The first-order chi connectivity index (χ1) is 2.64. The summed E-state index contributed by atoms with van der Waals surface area (Å²) in [6.45, 7) is 1.20. The van der Waals surface area contributed by atoms with E-state index in [1.54, 1.807) is 0 Å². The third-order valence-electron chi connectivity index (χ3n) is 0.357. The Balaban J connectivity index is 0. The number of aliphatic hydroxyl groups is 1. The summed E-state index contributed by atoms with van der Waals surface area (Å²) >= 11 is 0. The van der Waals surface area contributed by atoms with Crippen molar-refractivity contribution in [3.05, 3.63) is 0 Å². The minimum atomic E-state index is -1.23. The van der Waals surface area contributed by atoms with Crippen LogP contribution < -0.4 is 0 Å². The van der Waals surface area contributed by atoms with Gasteiger partial charge in [-0.25, -0.2) is 4.79 Å². The third-order valence-corrected chi connectivity index (χ3v) is 0.357. The molecule has 0 unspecified atom stereocenters. The molecule has 0 saturated carbocycles. The van der Waals surface area contributed by atoms with Crippen LogP contribution in [0.4, 0.5) is 0 Å². The van der Waals surface area contributed by atoms with Gasteiger partial charge in [0, 0.05) is 29.6 Å². The second-order valence-corrected chi connectivity index (χ2v) is 1.01. The second-order valence-electron chi connectivity index (χ2n) is 1.01. The van der Waals surface area contributed by atoms with E-state index in [9.17, 15) is 4.79 Å². The van der Waals surface area contributed by atoms with Crippen molar-refractivity contribution < 1.29 is 15.0 Å². The fraction of sp³-hybridized carbons (Fsp3) is 0.667. The molecule has 7 heavy (non-hydrogen) atoms. The number of aliphatic carboxylic acids is 1. The van der Waals surface area contributed by atoms with Gasteiger partial charge >= 0.3 is 5.97 Å². The van der Waals surface area contributed by atoms with Crippen molar-refractivity contribution in [3.8, 4) is 0 Å². The van der Waals surface area contributed by atoms with Gasteiger partial charge in [-0.2, -0.15) is 0 Å². The van der Waals surface area contributed by atoms with Crippen molar-refractivity contribution in [1.29, 1.82) is 0 Å². The van der Waals surface area contributed by atoms with Gasteiger partial charge in [-0.1, -0.05) is 0 Å². The normalized spacial score (nSPS) is 11.7. The molecule has 0 spiro atoms. The molecule has 0 aliphatic rings. The molecule has 0 aliphatic carbocycles. The van der Waals surface area contributed by atoms with Gasteiger partial charge in [0.2, 0.25) is 0 Å². The number of carboxylic acids is 1. The van der Waals surface area contributed by atoms with Crippen LogP contribution in [0, 0.1) is 0 Å². The van der Waals surface area contributed by atoms with Gasteiger partial charge in [0.25, 0.3) is 0 Å². The molecule has 0 aromatic carbocycles. The summed E-state index contributed by atoms with van der Waals surface area (Å²) in [5.41, 5.74) is 0. The van der Waals surface area contributed by atoms with Gasteiger partial charge in [0.05, 0.1) is 0 Å². The smallest absolute Gasteiger partial charge is 0.332 e. The zero-order valence-corrected chi connectivity index (χ0v) is 6.38. The van der Waals surface area contributed by atoms with Gasteiger partial charge < -0.3 is 10.2 Å². The van der Waals surface area contributed by atoms with Crippen molar-refractivity contribution in [1.82, 2.24) is 0 Å². The summed E-state index contributed by atoms with van der Waals surface area (Å²) in [6, 6.07) is 0. The average molecular weight is 113 g/mol. The first kappa shape index (κ1) is 10.4. The Kier molecular flexibility index (Phi) is 6.82. The first-order valence-corrected chi connectivity index (χ1v) is 1.55. The molecule has 1 atom stereocenters. The molecule has 0 amide bonds. The first-order valence-electron chi connectivity index (χ1n) is 1.55. The summed E-state index contributed by atoms with van der Waals surface area (Å²) in [7, 11) is 0. The van der Waals surface area contributed by atoms with Crippen LogP contribution >= 0.6 is 0 Å². The monoisotopic (exact) mass is 113 g/mol. The van der Waals surface area contributed by atoms with E-state index in [2.05, 4.69) is 0 Å². The molecule has 0 bridgehead atoms. The fourth-order valence-electron chi connectivity index (χ4n) is 0. The Labute approximate surface area is 63.6 Å². The van der Waals surface area contributed by atoms with E-state index >= 15 is 0 Å². The minimum Gasteiger partial charge on any atom is -0.479 e. The van der Waals surface area contributed by atoms with Crippen LogP contribution in [0.5, 0.6) is 0 Å². The van der Waals surface area contributed by atoms with Gasteiger partial charge in [-0.05, 0) is 6.92 Å². The van der Waals surface area contributed by atoms with Crippen LogP contribution in [0.1, 0.15) is 6.92 Å². The zero-order chi connectivity index (χ0) is 5.15. The number of carboxylic acid groups (broad SMARTS) is 1. The number of hydrogen-bond donors (Lipinski definition) is 2. The maximum absolute atomic E-state index is 9.45. The van der Waals surface area contributed by atoms with Crippen LogP contribution in [0.15, 0.2) is 0 Å². The fourth-order valence-corrected chi connectivity index (χ4v) is 0. The van der Waals surface area contributed by atoms with Crippen LogP contribution in [0.2, 0.25) is 0 Å². The molecule has 1 radical (unpaired) electrons. The molecule has 0 rings (SSSR count). The Hall–Kier alpha value is 0.430. The SMILES string of the molecule is C[C@H](O)C(=O)O.[Na]. The summed E-state index contributed by atoms with van der Waals surface area (Å²) in [5, 5.41) is 15.8. The molecule has 0 aromatic heterocycles. The summed E-state index contributed by atoms with van der Waals surface area (Å²) in [5.74, 6) is -1.19. The van der Waals surface area contributed by atoms with Gasteiger partial charge in [-0.15, -0.1) is 0 Å². The third kappa shape index (κ3) is 6.43. The Morgan fingerprint density at radius 2 is 1.86 bits per heavy atom. The number of aliphatic hydroxyl groups excluding tert-OH is 1. The number of rotatable bonds is 1. The predicted molar refractivity (Wildman–Crippen MR) is 25.1 cm³/mol. The summed E-state index contributed by atoms with van der Waals surface area (Å²) in [6.07, 6.45) is -1.23. The Morgan fingerprint density at radius 3 is 1.86 bits per heavy atom. The van der Waals surface area contributed by atoms with Crippen LogP contribution in [-0.4, -0.2) is 51.8 Å². The van der Waals surface area contributed by atoms with Crippen LogP contribution in [0.3, 0.4) is 0 Å². The maximum Gasteiger partial charge on any atom is 0.332 e. The molecule has 2 N–H and O–H groups in total. The van der Waals surface area contributed by atoms with Crippen molar-refractivity contribution in [2.45, 2.75) is 13.0 Å². The van der Waals surface area contributed by atoms with E-state index in [-0.39, 0.29) is 29.6 Å². The molecule has 4 heteroatoms. The van der Waals surface area contributed by atoms with Crippen molar-refractivity contribution in [2.24, 2.45) is 0 Å². The molecule has 0 aliphatic heterocycles. The topological polar surface area (TPSA) is 57.5 Å². The molecule has 0 aromatic rings. The van der Waals surface area contributed by atoms with Crippen molar-refractivity contribution in [3.63, 3.8) is 0 Å². The molecule has 3 nitrogen and oxygen atoms in total. The molecule has 0 saturated heterocycles. The van der Waals surface area contributed by atoms with Crippen LogP contribution in [0.25, 0.3) is 0 Å². The molecule has 37 valence electrons. The number of hydrogen-bond acceptors (Lipinski definition) is 2. The largest absolute Gasteiger partial charge is 0.479 e. The molecule has 0 fully saturated rings. The van der Waals surface area contributed by atoms with Gasteiger partial charge in [-0.3, -0.25) is 0 Å². The van der Waals surface area contributed by atoms with E-state index in [1.165, 1.54) is 6.92 Å². The summed E-state index contributed by atoms with van der Waals surface area (Å²) < 4.78 is 0. The standard InChI is InChI=1S/C3H6O3.Na/c1-2(4)3(5)6;/h2,4H,1H3,(H,5,6);/t2-;/m0./s1. The van der Waals surface area contributed by atoms with E-state index < -0.39 is 12.1 Å². The zero-order valence-electron chi connectivity index (χ0n) is 4.38. The van der Waals surface area contributed by atoms with Gasteiger partial charge in [0.1, 0.15) is 6.10 Å². The van der Waals surface area contributed by atoms with Crippen molar-refractivity contribution in [2.75, 3.05) is 0 Å².